The van der Waals surface area contributed by atoms with Crippen molar-refractivity contribution in [2.75, 3.05) is 9.71 Å². The van der Waals surface area contributed by atoms with E-state index in [2.05, 4.69) is 210 Å². The van der Waals surface area contributed by atoms with E-state index >= 15 is 0 Å². The van der Waals surface area contributed by atoms with Crippen molar-refractivity contribution in [3.63, 3.8) is 0 Å². The topological polar surface area (TPSA) is 6.48 Å². The molecule has 0 saturated carbocycles. The summed E-state index contributed by atoms with van der Waals surface area (Å²) in [5, 5.41) is 7.71. The Bertz CT molecular complexity index is 3140. The van der Waals surface area contributed by atoms with Gasteiger partial charge in [-0.2, -0.15) is 0 Å². The Morgan fingerprint density at radius 2 is 0.737 bits per heavy atom. The number of anilines is 5. The first-order valence-corrected chi connectivity index (χ1v) is 19.9. The molecule has 0 spiro atoms. The molecule has 0 bridgehead atoms. The van der Waals surface area contributed by atoms with Crippen molar-refractivity contribution in [1.29, 1.82) is 0 Å². The molecule has 0 atom stereocenters. The van der Waals surface area contributed by atoms with Crippen LogP contribution in [0, 0.1) is 0 Å². The third-order valence-corrected chi connectivity index (χ3v) is 12.7. The van der Waals surface area contributed by atoms with Gasteiger partial charge >= 0.3 is 6.85 Å². The van der Waals surface area contributed by atoms with Crippen molar-refractivity contribution in [2.45, 2.75) is 0 Å². The molecule has 0 saturated heterocycles. The standard InChI is InChI=1S/C54H33BN2/c1-3-13-34(14-4-1)36-25-29-49-47(31-36)44-21-11-23-51-53(44)55-54-45(48-32-37(26-30-50(48)57(49)55)35-15-5-2-6-16-35)22-12-24-52(54)56(51)38-27-28-43-41-19-8-7-17-39(41)40-18-9-10-20-42(40)46(43)33-38/h1-33H. The average molecular weight is 721 g/mol. The van der Waals surface area contributed by atoms with Crippen molar-refractivity contribution in [3.8, 4) is 44.5 Å². The fourth-order valence-electron chi connectivity index (χ4n) is 10.3. The predicted octanol–water partition coefficient (Wildman–Crippen LogP) is 13.2. The summed E-state index contributed by atoms with van der Waals surface area (Å²) in [6, 6.07) is 74.5. The summed E-state index contributed by atoms with van der Waals surface area (Å²) >= 11 is 0. The van der Waals surface area contributed by atoms with E-state index in [1.54, 1.807) is 0 Å². The first-order valence-electron chi connectivity index (χ1n) is 19.9. The highest BCUT2D eigenvalue weighted by molar-refractivity contribution is 6.95. The minimum atomic E-state index is 0.0223. The summed E-state index contributed by atoms with van der Waals surface area (Å²) in [7, 11) is 0. The minimum absolute atomic E-state index is 0.0223. The Balaban J connectivity index is 1.12. The molecule has 57 heavy (non-hydrogen) atoms. The van der Waals surface area contributed by atoms with Crippen LogP contribution in [0.4, 0.5) is 28.4 Å². The van der Waals surface area contributed by atoms with Gasteiger partial charge in [0.05, 0.1) is 0 Å². The van der Waals surface area contributed by atoms with Gasteiger partial charge in [0.2, 0.25) is 0 Å². The highest BCUT2D eigenvalue weighted by Crippen LogP contribution is 2.53. The van der Waals surface area contributed by atoms with Gasteiger partial charge in [-0.15, -0.1) is 0 Å². The maximum Gasteiger partial charge on any atom is 0.333 e. The molecule has 0 radical (unpaired) electrons. The zero-order valence-corrected chi connectivity index (χ0v) is 31.0. The van der Waals surface area contributed by atoms with Crippen LogP contribution in [0.1, 0.15) is 0 Å². The second-order valence-electron chi connectivity index (χ2n) is 15.6. The van der Waals surface area contributed by atoms with Crippen LogP contribution >= 0.6 is 0 Å². The molecule has 13 rings (SSSR count). The van der Waals surface area contributed by atoms with E-state index in [9.17, 15) is 0 Å². The van der Waals surface area contributed by atoms with E-state index in [-0.39, 0.29) is 6.85 Å². The Hall–Kier alpha value is -7.36. The molecule has 3 heteroatoms. The molecule has 0 unspecified atom stereocenters. The molecule has 0 N–H and O–H groups in total. The van der Waals surface area contributed by atoms with E-state index in [1.165, 1.54) is 116 Å². The third-order valence-electron chi connectivity index (χ3n) is 12.7. The van der Waals surface area contributed by atoms with E-state index in [4.69, 9.17) is 0 Å². The molecule has 10 aromatic carbocycles. The molecule has 262 valence electrons. The fraction of sp³-hybridized carbons (Fsp3) is 0. The highest BCUT2D eigenvalue weighted by atomic mass is 15.2. The molecule has 0 aliphatic carbocycles. The van der Waals surface area contributed by atoms with Crippen LogP contribution in [0.15, 0.2) is 200 Å². The van der Waals surface area contributed by atoms with E-state index in [0.29, 0.717) is 0 Å². The van der Waals surface area contributed by atoms with Crippen LogP contribution in [-0.4, -0.2) is 6.85 Å². The molecule has 0 aromatic heterocycles. The minimum Gasteiger partial charge on any atom is -0.376 e. The summed E-state index contributed by atoms with van der Waals surface area (Å²) in [5.74, 6) is 0. The summed E-state index contributed by atoms with van der Waals surface area (Å²) < 4.78 is 0. The molecule has 10 aromatic rings. The van der Waals surface area contributed by atoms with Gasteiger partial charge in [-0.3, -0.25) is 0 Å². The van der Waals surface area contributed by atoms with Crippen LogP contribution in [0.25, 0.3) is 76.8 Å². The molecular weight excluding hydrogens is 687 g/mol. The normalized spacial score (nSPS) is 13.2. The summed E-state index contributed by atoms with van der Waals surface area (Å²) in [4.78, 5) is 5.19. The SMILES string of the molecule is c1ccc(-c2ccc3c(c2)-c2cccc4c2B2c5c(cccc5N4c4ccc5c6ccccc6c6ccccc6c5c4)-c4cc(-c5ccccc5)ccc4N23)cc1. The lowest BCUT2D eigenvalue weighted by molar-refractivity contribution is 1.26. The smallest absolute Gasteiger partial charge is 0.333 e. The quantitative estimate of drug-likeness (QED) is 0.132. The van der Waals surface area contributed by atoms with Crippen molar-refractivity contribution < 1.29 is 0 Å². The molecule has 2 nitrogen and oxygen atoms in total. The molecule has 0 amide bonds. The Kier molecular flexibility index (Phi) is 6.28. The Morgan fingerprint density at radius 3 is 1.25 bits per heavy atom. The van der Waals surface area contributed by atoms with Crippen LogP contribution in [-0.2, 0) is 0 Å². The van der Waals surface area contributed by atoms with E-state index < -0.39 is 0 Å². The van der Waals surface area contributed by atoms with Crippen molar-refractivity contribution in [2.24, 2.45) is 0 Å². The van der Waals surface area contributed by atoms with Crippen LogP contribution in [0.3, 0.4) is 0 Å². The molecule has 3 aliphatic rings. The van der Waals surface area contributed by atoms with Crippen LogP contribution < -0.4 is 20.6 Å². The number of rotatable bonds is 3. The lowest BCUT2D eigenvalue weighted by Crippen LogP contribution is -2.63. The lowest BCUT2D eigenvalue weighted by Gasteiger charge is -2.49. The first-order chi connectivity index (χ1) is 28.3. The van der Waals surface area contributed by atoms with Gasteiger partial charge in [-0.25, -0.2) is 0 Å². The van der Waals surface area contributed by atoms with Gasteiger partial charge in [-0.05, 0) is 125 Å². The fourth-order valence-corrected chi connectivity index (χ4v) is 10.3. The van der Waals surface area contributed by atoms with Gasteiger partial charge in [0, 0.05) is 39.6 Å². The molecule has 0 fully saturated rings. The molecular formula is C54H33BN2. The Morgan fingerprint density at radius 1 is 0.281 bits per heavy atom. The van der Waals surface area contributed by atoms with Gasteiger partial charge < -0.3 is 9.71 Å². The zero-order valence-electron chi connectivity index (χ0n) is 31.0. The number of benzene rings is 10. The van der Waals surface area contributed by atoms with Crippen molar-refractivity contribution in [3.05, 3.63) is 200 Å². The summed E-state index contributed by atoms with van der Waals surface area (Å²) in [5.41, 5.74) is 18.9. The number of hydrogen-bond donors (Lipinski definition) is 0. The average Bonchev–Trinajstić information content (AvgIpc) is 3.29. The van der Waals surface area contributed by atoms with Gasteiger partial charge in [0.15, 0.2) is 0 Å². The lowest BCUT2D eigenvalue weighted by atomic mass is 9.41. The molecule has 3 aliphatic heterocycles. The monoisotopic (exact) mass is 720 g/mol. The van der Waals surface area contributed by atoms with Gasteiger partial charge in [-0.1, -0.05) is 152 Å². The van der Waals surface area contributed by atoms with Crippen molar-refractivity contribution in [1.82, 2.24) is 0 Å². The summed E-state index contributed by atoms with van der Waals surface area (Å²) in [6.07, 6.45) is 0. The third kappa shape index (κ3) is 4.26. The number of fused-ring (bicyclic) bond motifs is 12. The van der Waals surface area contributed by atoms with Gasteiger partial charge in [0.1, 0.15) is 0 Å². The maximum absolute atomic E-state index is 2.64. The van der Waals surface area contributed by atoms with E-state index in [0.717, 1.165) is 0 Å². The summed E-state index contributed by atoms with van der Waals surface area (Å²) in [6.45, 7) is 0.0223. The first kappa shape index (κ1) is 30.9. The van der Waals surface area contributed by atoms with Crippen molar-refractivity contribution >= 4 is 78.5 Å². The zero-order chi connectivity index (χ0) is 37.2. The van der Waals surface area contributed by atoms with Crippen LogP contribution in [0.2, 0.25) is 0 Å². The number of nitrogens with zero attached hydrogens (tertiary/aromatic N) is 2. The second-order valence-corrected chi connectivity index (χ2v) is 15.6. The molecule has 3 heterocycles. The predicted molar refractivity (Wildman–Crippen MR) is 243 cm³/mol. The number of hydrogen-bond acceptors (Lipinski definition) is 2. The largest absolute Gasteiger partial charge is 0.376 e. The van der Waals surface area contributed by atoms with E-state index in [1.807, 2.05) is 0 Å². The van der Waals surface area contributed by atoms with Gasteiger partial charge in [0.25, 0.3) is 0 Å². The second kappa shape index (κ2) is 11.6. The Labute approximate surface area is 331 Å². The highest BCUT2D eigenvalue weighted by Gasteiger charge is 2.48. The van der Waals surface area contributed by atoms with Crippen LogP contribution in [0.5, 0.6) is 0 Å². The maximum atomic E-state index is 2.64.